The highest BCUT2D eigenvalue weighted by molar-refractivity contribution is 8.00. The summed E-state index contributed by atoms with van der Waals surface area (Å²) in [4.78, 5) is 17.3. The van der Waals surface area contributed by atoms with Gasteiger partial charge in [0.2, 0.25) is 0 Å². The van der Waals surface area contributed by atoms with Gasteiger partial charge >= 0.3 is 0 Å². The van der Waals surface area contributed by atoms with Crippen LogP contribution in [0.4, 0.5) is 68.2 Å². The van der Waals surface area contributed by atoms with Crippen molar-refractivity contribution in [1.82, 2.24) is 0 Å². The molecule has 0 amide bonds. The van der Waals surface area contributed by atoms with Crippen LogP contribution in [0.1, 0.15) is 0 Å². The van der Waals surface area contributed by atoms with Gasteiger partial charge in [-0.2, -0.15) is 0 Å². The third-order valence-corrected chi connectivity index (χ3v) is 14.8. The van der Waals surface area contributed by atoms with Crippen molar-refractivity contribution >= 4 is 104 Å². The van der Waals surface area contributed by atoms with E-state index in [0.717, 1.165) is 68.2 Å². The fourth-order valence-corrected chi connectivity index (χ4v) is 12.0. The molecule has 0 fully saturated rings. The lowest BCUT2D eigenvalue weighted by molar-refractivity contribution is 1.10. The average Bonchev–Trinajstić information content (AvgIpc) is 3.32. The Kier molecular flexibility index (Phi) is 8.91. The summed E-state index contributed by atoms with van der Waals surface area (Å²) in [6.45, 7) is 0. The van der Waals surface area contributed by atoms with E-state index in [-0.39, 0.29) is 0 Å². The molecule has 12 rings (SSSR count). The van der Waals surface area contributed by atoms with Gasteiger partial charge in [0.05, 0.1) is 56.9 Å². The Morgan fingerprint density at radius 1 is 0.246 bits per heavy atom. The van der Waals surface area contributed by atoms with Gasteiger partial charge in [0.1, 0.15) is 0 Å². The minimum atomic E-state index is 1.05. The smallest absolute Gasteiger partial charge is 0.0969 e. The molecule has 0 aliphatic carbocycles. The zero-order chi connectivity index (χ0) is 40.3. The molecule has 0 spiro atoms. The van der Waals surface area contributed by atoms with Crippen molar-refractivity contribution in [3.05, 3.63) is 218 Å². The minimum Gasteiger partial charge on any atom is -0.308 e. The molecule has 9 aromatic rings. The summed E-state index contributed by atoms with van der Waals surface area (Å²) >= 11 is 5.51. The molecule has 3 heterocycles. The van der Waals surface area contributed by atoms with E-state index in [1.807, 2.05) is 35.3 Å². The van der Waals surface area contributed by atoms with Crippen LogP contribution in [0.3, 0.4) is 0 Å². The molecule has 0 saturated carbocycles. The van der Waals surface area contributed by atoms with Crippen LogP contribution < -0.4 is 19.6 Å². The lowest BCUT2D eigenvalue weighted by Crippen LogP contribution is -2.26. The van der Waals surface area contributed by atoms with Crippen LogP contribution >= 0.6 is 35.3 Å². The largest absolute Gasteiger partial charge is 0.308 e. The molecule has 7 heteroatoms. The molecule has 0 N–H and O–H groups in total. The van der Waals surface area contributed by atoms with Crippen molar-refractivity contribution in [2.24, 2.45) is 0 Å². The first-order valence-electron chi connectivity index (χ1n) is 20.4. The molecule has 3 aliphatic heterocycles. The van der Waals surface area contributed by atoms with Gasteiger partial charge in [-0.1, -0.05) is 144 Å². The Hall–Kier alpha value is -6.77. The predicted octanol–water partition coefficient (Wildman–Crippen LogP) is 17.0. The van der Waals surface area contributed by atoms with Crippen LogP contribution in [0.15, 0.2) is 248 Å². The van der Waals surface area contributed by atoms with E-state index < -0.39 is 0 Å². The number of hydrogen-bond donors (Lipinski definition) is 0. The van der Waals surface area contributed by atoms with Crippen LogP contribution in [0.25, 0.3) is 0 Å². The van der Waals surface area contributed by atoms with Gasteiger partial charge in [0, 0.05) is 40.7 Å². The summed E-state index contributed by atoms with van der Waals surface area (Å²) in [6.07, 6.45) is 0. The Labute approximate surface area is 368 Å². The standard InChI is InChI=1S/C54H36N4S3/c1-3-19-37(20-4-1)55(38-21-5-2-6-22-38)45-35-36-46(56-39-23-7-13-29-47(39)59-48-30-14-8-24-40(48)56)54(58-43-27-11-17-33-51(43)61-52-34-18-12-28-44(52)58)53(45)57-41-25-9-15-31-49(41)60-50-32-16-10-26-42(50)57/h1-36H. The fourth-order valence-electron chi connectivity index (χ4n) is 8.80. The zero-order valence-corrected chi connectivity index (χ0v) is 35.2. The number of para-hydroxylation sites is 8. The molecule has 0 aromatic heterocycles. The van der Waals surface area contributed by atoms with Crippen molar-refractivity contribution in [3.63, 3.8) is 0 Å². The molecule has 0 bridgehead atoms. The van der Waals surface area contributed by atoms with Gasteiger partial charge in [-0.15, -0.1) is 0 Å². The summed E-state index contributed by atoms with van der Waals surface area (Å²) in [7, 11) is 0. The molecule has 61 heavy (non-hydrogen) atoms. The second-order valence-electron chi connectivity index (χ2n) is 14.9. The van der Waals surface area contributed by atoms with Crippen molar-refractivity contribution < 1.29 is 0 Å². The van der Waals surface area contributed by atoms with Gasteiger partial charge in [0.15, 0.2) is 0 Å². The second-order valence-corrected chi connectivity index (χ2v) is 18.2. The van der Waals surface area contributed by atoms with Gasteiger partial charge in [-0.3, -0.25) is 0 Å². The number of rotatable bonds is 6. The third kappa shape index (κ3) is 6.03. The van der Waals surface area contributed by atoms with E-state index in [2.05, 4.69) is 238 Å². The maximum absolute atomic E-state index is 2.55. The van der Waals surface area contributed by atoms with E-state index in [4.69, 9.17) is 0 Å². The molecule has 0 unspecified atom stereocenters. The van der Waals surface area contributed by atoms with Gasteiger partial charge in [-0.05, 0) is 109 Å². The highest BCUT2D eigenvalue weighted by Crippen LogP contribution is 2.64. The van der Waals surface area contributed by atoms with E-state index >= 15 is 0 Å². The van der Waals surface area contributed by atoms with Gasteiger partial charge < -0.3 is 19.6 Å². The minimum absolute atomic E-state index is 1.05. The van der Waals surface area contributed by atoms with Crippen molar-refractivity contribution in [1.29, 1.82) is 0 Å². The maximum Gasteiger partial charge on any atom is 0.0969 e. The quantitative estimate of drug-likeness (QED) is 0.163. The van der Waals surface area contributed by atoms with Crippen molar-refractivity contribution in [2.45, 2.75) is 29.4 Å². The first kappa shape index (κ1) is 36.1. The second kappa shape index (κ2) is 15.0. The highest BCUT2D eigenvalue weighted by atomic mass is 32.2. The number of nitrogens with zero attached hydrogens (tertiary/aromatic N) is 4. The third-order valence-electron chi connectivity index (χ3n) is 11.4. The molecule has 3 aliphatic rings. The molecular weight excluding hydrogens is 801 g/mol. The lowest BCUT2D eigenvalue weighted by atomic mass is 10.0. The van der Waals surface area contributed by atoms with E-state index in [0.29, 0.717) is 0 Å². The Bertz CT molecular complexity index is 2940. The summed E-state index contributed by atoms with van der Waals surface area (Å²) in [5.41, 5.74) is 13.2. The van der Waals surface area contributed by atoms with Gasteiger partial charge in [-0.25, -0.2) is 0 Å². The molecule has 4 nitrogen and oxygen atoms in total. The molecular formula is C54H36N4S3. The van der Waals surface area contributed by atoms with Crippen LogP contribution in [0.2, 0.25) is 0 Å². The van der Waals surface area contributed by atoms with Crippen molar-refractivity contribution in [2.75, 3.05) is 19.6 Å². The lowest BCUT2D eigenvalue weighted by Gasteiger charge is -2.44. The molecule has 290 valence electrons. The van der Waals surface area contributed by atoms with Crippen LogP contribution in [-0.4, -0.2) is 0 Å². The monoisotopic (exact) mass is 836 g/mol. The SMILES string of the molecule is c1ccc(N(c2ccccc2)c2ccc(N3c4ccccc4Sc4ccccc43)c(N3c4ccccc4Sc4ccccc43)c2N2c3ccccc3Sc3ccccc32)cc1. The van der Waals surface area contributed by atoms with E-state index in [1.165, 1.54) is 29.4 Å². The Balaban J connectivity index is 1.29. The normalized spacial score (nSPS) is 13.3. The van der Waals surface area contributed by atoms with E-state index in [9.17, 15) is 0 Å². The molecule has 0 saturated heterocycles. The summed E-state index contributed by atoms with van der Waals surface area (Å²) in [6, 6.07) is 79.5. The highest BCUT2D eigenvalue weighted by Gasteiger charge is 2.39. The molecule has 0 atom stereocenters. The van der Waals surface area contributed by atoms with Crippen LogP contribution in [0.5, 0.6) is 0 Å². The Morgan fingerprint density at radius 2 is 0.541 bits per heavy atom. The fraction of sp³-hybridized carbons (Fsp3) is 0. The number of anilines is 12. The topological polar surface area (TPSA) is 13.0 Å². The van der Waals surface area contributed by atoms with E-state index in [1.54, 1.807) is 0 Å². The maximum atomic E-state index is 2.55. The number of hydrogen-bond acceptors (Lipinski definition) is 7. The van der Waals surface area contributed by atoms with Gasteiger partial charge in [0.25, 0.3) is 0 Å². The first-order valence-corrected chi connectivity index (χ1v) is 22.8. The summed E-state index contributed by atoms with van der Waals surface area (Å²) < 4.78 is 0. The summed E-state index contributed by atoms with van der Waals surface area (Å²) in [5.74, 6) is 0. The summed E-state index contributed by atoms with van der Waals surface area (Å²) in [5, 5.41) is 0. The van der Waals surface area contributed by atoms with Crippen LogP contribution in [-0.2, 0) is 0 Å². The molecule has 9 aromatic carbocycles. The van der Waals surface area contributed by atoms with Crippen molar-refractivity contribution in [3.8, 4) is 0 Å². The Morgan fingerprint density at radius 3 is 0.902 bits per heavy atom. The number of fused-ring (bicyclic) bond motifs is 6. The first-order chi connectivity index (χ1) is 30.3. The predicted molar refractivity (Wildman–Crippen MR) is 258 cm³/mol. The molecule has 0 radical (unpaired) electrons. The number of benzene rings is 9. The average molecular weight is 837 g/mol. The van der Waals surface area contributed by atoms with Crippen LogP contribution in [0, 0.1) is 0 Å². The zero-order valence-electron chi connectivity index (χ0n) is 32.8.